The van der Waals surface area contributed by atoms with Crippen LogP contribution in [0.4, 0.5) is 0 Å². The van der Waals surface area contributed by atoms with E-state index in [1.807, 2.05) is 0 Å². The monoisotopic (exact) mass is 548 g/mol. The third-order valence-electron chi connectivity index (χ3n) is 4.92. The second kappa shape index (κ2) is 18.9. The number of carbonyl (C=O) groups is 4. The van der Waals surface area contributed by atoms with Crippen LogP contribution >= 0.6 is 11.8 Å². The Labute approximate surface area is 219 Å². The zero-order valence-electron chi connectivity index (χ0n) is 20.9. The van der Waals surface area contributed by atoms with Crippen LogP contribution in [0.25, 0.3) is 0 Å². The number of guanidine groups is 2. The number of aliphatic hydroxyl groups excluding tert-OH is 1. The molecule has 4 unspecified atom stereocenters. The van der Waals surface area contributed by atoms with Gasteiger partial charge in [0.1, 0.15) is 18.1 Å². The largest absolute Gasteiger partial charge is 0.480 e. The lowest BCUT2D eigenvalue weighted by Gasteiger charge is -2.24. The van der Waals surface area contributed by atoms with Crippen LogP contribution in [0, 0.1) is 0 Å². The highest BCUT2D eigenvalue weighted by Gasteiger charge is 2.29. The van der Waals surface area contributed by atoms with E-state index in [1.54, 1.807) is 6.26 Å². The molecule has 0 aliphatic rings. The average molecular weight is 549 g/mol. The Morgan fingerprint density at radius 3 is 1.76 bits per heavy atom. The van der Waals surface area contributed by atoms with Gasteiger partial charge in [-0.25, -0.2) is 4.79 Å². The first-order valence-corrected chi connectivity index (χ1v) is 12.9. The molecule has 0 heterocycles. The number of hydrogen-bond acceptors (Lipinski definition) is 9. The molecule has 0 aliphatic heterocycles. The molecule has 16 nitrogen and oxygen atoms in total. The molecular formula is C20H40N10O6S. The summed E-state index contributed by atoms with van der Waals surface area (Å²) in [5.74, 6) is -3.27. The van der Waals surface area contributed by atoms with Gasteiger partial charge in [0, 0.05) is 13.1 Å². The quantitative estimate of drug-likeness (QED) is 0.0416. The normalized spacial score (nSPS) is 13.8. The summed E-state index contributed by atoms with van der Waals surface area (Å²) >= 11 is 1.42. The highest BCUT2D eigenvalue weighted by Crippen LogP contribution is 2.05. The zero-order chi connectivity index (χ0) is 28.4. The van der Waals surface area contributed by atoms with Crippen LogP contribution in [0.5, 0.6) is 0 Å². The van der Waals surface area contributed by atoms with Crippen molar-refractivity contribution in [1.82, 2.24) is 16.0 Å². The van der Waals surface area contributed by atoms with Gasteiger partial charge in [-0.2, -0.15) is 11.8 Å². The molecular weight excluding hydrogens is 508 g/mol. The van der Waals surface area contributed by atoms with Crippen molar-refractivity contribution in [2.24, 2.45) is 38.7 Å². The molecule has 0 aromatic carbocycles. The molecule has 0 aliphatic carbocycles. The molecule has 0 saturated carbocycles. The minimum absolute atomic E-state index is 0.0552. The van der Waals surface area contributed by atoms with Crippen LogP contribution in [0.1, 0.15) is 32.1 Å². The van der Waals surface area contributed by atoms with Gasteiger partial charge in [-0.05, 0) is 44.1 Å². The van der Waals surface area contributed by atoms with Crippen molar-refractivity contribution in [2.45, 2.75) is 56.3 Å². The molecule has 0 bridgehead atoms. The maximum absolute atomic E-state index is 12.8. The zero-order valence-corrected chi connectivity index (χ0v) is 21.7. The molecule has 0 rings (SSSR count). The predicted octanol–water partition coefficient (Wildman–Crippen LogP) is -4.29. The summed E-state index contributed by atoms with van der Waals surface area (Å²) in [5, 5.41) is 26.2. The predicted molar refractivity (Wildman–Crippen MR) is 141 cm³/mol. The Kier molecular flexibility index (Phi) is 17.2. The van der Waals surface area contributed by atoms with Gasteiger partial charge in [0.05, 0.1) is 12.6 Å². The molecule has 212 valence electrons. The van der Waals surface area contributed by atoms with Crippen LogP contribution in [0.15, 0.2) is 9.98 Å². The van der Waals surface area contributed by atoms with E-state index >= 15 is 0 Å². The van der Waals surface area contributed by atoms with E-state index in [0.29, 0.717) is 12.2 Å². The van der Waals surface area contributed by atoms with Gasteiger partial charge < -0.3 is 54.8 Å². The standard InChI is InChI=1S/C20H40N10O6S/c1-37-9-6-13(18(35)36)29-16(33)12(5-3-8-27-20(24)25)28-17(34)14(10-31)30-15(32)11(21)4-2-7-26-19(22)23/h11-14,31H,2-10,21H2,1H3,(H,28,34)(H,29,33)(H,30,32)(H,35,36)(H4,22,23,26)(H4,24,25,27). The van der Waals surface area contributed by atoms with Gasteiger partial charge in [0.25, 0.3) is 0 Å². The Morgan fingerprint density at radius 2 is 1.27 bits per heavy atom. The van der Waals surface area contributed by atoms with Gasteiger partial charge in [0.15, 0.2) is 11.9 Å². The van der Waals surface area contributed by atoms with Crippen LogP contribution in [0.3, 0.4) is 0 Å². The van der Waals surface area contributed by atoms with Crippen LogP contribution in [0.2, 0.25) is 0 Å². The van der Waals surface area contributed by atoms with Crippen LogP contribution in [-0.2, 0) is 19.2 Å². The number of aliphatic imine (C=N–C) groups is 2. The van der Waals surface area contributed by atoms with Crippen molar-refractivity contribution < 1.29 is 29.4 Å². The highest BCUT2D eigenvalue weighted by atomic mass is 32.2. The number of carboxylic acids is 1. The molecule has 0 aromatic rings. The molecule has 3 amide bonds. The summed E-state index contributed by atoms with van der Waals surface area (Å²) < 4.78 is 0. The van der Waals surface area contributed by atoms with Gasteiger partial charge in [-0.1, -0.05) is 0 Å². The van der Waals surface area contributed by atoms with E-state index in [2.05, 4.69) is 25.9 Å². The van der Waals surface area contributed by atoms with Crippen molar-refractivity contribution >= 4 is 47.4 Å². The summed E-state index contributed by atoms with van der Waals surface area (Å²) in [6, 6.07) is -4.75. The molecule has 0 radical (unpaired) electrons. The lowest BCUT2D eigenvalue weighted by molar-refractivity contribution is -0.142. The van der Waals surface area contributed by atoms with Gasteiger partial charge in [-0.15, -0.1) is 0 Å². The summed E-state index contributed by atoms with van der Waals surface area (Å²) in [6.45, 7) is -0.351. The fourth-order valence-corrected chi connectivity index (χ4v) is 3.40. The van der Waals surface area contributed by atoms with E-state index in [0.717, 1.165) is 0 Å². The second-order valence-corrected chi connectivity index (χ2v) is 8.98. The number of nitrogens with one attached hydrogen (secondary N) is 3. The third kappa shape index (κ3) is 15.4. The maximum Gasteiger partial charge on any atom is 0.326 e. The first-order chi connectivity index (χ1) is 17.4. The van der Waals surface area contributed by atoms with E-state index in [9.17, 15) is 29.4 Å². The number of carbonyl (C=O) groups excluding carboxylic acids is 3. The first-order valence-electron chi connectivity index (χ1n) is 11.5. The summed E-state index contributed by atoms with van der Waals surface area (Å²) in [7, 11) is 0. The number of thioether (sulfide) groups is 1. The van der Waals surface area contributed by atoms with E-state index in [4.69, 9.17) is 28.7 Å². The number of aliphatic carboxylic acids is 1. The maximum atomic E-state index is 12.8. The first kappa shape index (κ1) is 33.7. The van der Waals surface area contributed by atoms with Crippen molar-refractivity contribution in [3.8, 4) is 0 Å². The van der Waals surface area contributed by atoms with E-state index in [1.165, 1.54) is 11.8 Å². The van der Waals surface area contributed by atoms with Gasteiger partial charge in [0.2, 0.25) is 17.7 Å². The molecule has 15 N–H and O–H groups in total. The Balaban J connectivity index is 5.28. The lowest BCUT2D eigenvalue weighted by atomic mass is 10.1. The molecule has 17 heteroatoms. The molecule has 37 heavy (non-hydrogen) atoms. The van der Waals surface area contributed by atoms with Crippen molar-refractivity contribution in [3.05, 3.63) is 0 Å². The van der Waals surface area contributed by atoms with Gasteiger partial charge in [-0.3, -0.25) is 24.4 Å². The summed E-state index contributed by atoms with van der Waals surface area (Å²) in [4.78, 5) is 57.1. The topological polar surface area (TPSA) is 300 Å². The van der Waals surface area contributed by atoms with Crippen molar-refractivity contribution in [1.29, 1.82) is 0 Å². The van der Waals surface area contributed by atoms with E-state index < -0.39 is 54.5 Å². The number of rotatable bonds is 19. The lowest BCUT2D eigenvalue weighted by Crippen LogP contribution is -2.58. The molecule has 0 saturated heterocycles. The average Bonchev–Trinajstić information content (AvgIpc) is 2.83. The second-order valence-electron chi connectivity index (χ2n) is 7.99. The number of aliphatic hydroxyl groups is 1. The number of hydrogen-bond donors (Lipinski definition) is 10. The minimum atomic E-state index is -1.41. The smallest absolute Gasteiger partial charge is 0.326 e. The molecule has 4 atom stereocenters. The Morgan fingerprint density at radius 1 is 0.784 bits per heavy atom. The minimum Gasteiger partial charge on any atom is -0.480 e. The van der Waals surface area contributed by atoms with Crippen LogP contribution in [-0.4, -0.2) is 102 Å². The fourth-order valence-electron chi connectivity index (χ4n) is 2.93. The Hall–Kier alpha value is -3.31. The van der Waals surface area contributed by atoms with Crippen LogP contribution < -0.4 is 44.6 Å². The van der Waals surface area contributed by atoms with Gasteiger partial charge >= 0.3 is 5.97 Å². The third-order valence-corrected chi connectivity index (χ3v) is 5.57. The van der Waals surface area contributed by atoms with Crippen molar-refractivity contribution in [3.63, 3.8) is 0 Å². The van der Waals surface area contributed by atoms with E-state index in [-0.39, 0.29) is 50.7 Å². The number of carboxylic acid groups (broad SMARTS) is 1. The molecule has 0 aromatic heterocycles. The molecule has 0 spiro atoms. The number of nitrogens with two attached hydrogens (primary N) is 5. The SMILES string of the molecule is CSCCC(NC(=O)C(CCCN=C(N)N)NC(=O)C(CO)NC(=O)C(N)CCCN=C(N)N)C(=O)O. The Bertz CT molecular complexity index is 804. The summed E-state index contributed by atoms with van der Waals surface area (Å²) in [6.07, 6.45) is 2.92. The fraction of sp³-hybridized carbons (Fsp3) is 0.700. The summed E-state index contributed by atoms with van der Waals surface area (Å²) in [5.41, 5.74) is 26.9. The van der Waals surface area contributed by atoms with Crippen molar-refractivity contribution in [2.75, 3.05) is 31.7 Å². The highest BCUT2D eigenvalue weighted by molar-refractivity contribution is 7.98. The molecule has 0 fully saturated rings. The number of nitrogens with zero attached hydrogens (tertiary/aromatic N) is 2. The number of amides is 3.